The summed E-state index contributed by atoms with van der Waals surface area (Å²) < 4.78 is 11.2. The Hall–Kier alpha value is -1.80. The van der Waals surface area contributed by atoms with Crippen molar-refractivity contribution in [3.8, 4) is 17.6 Å². The number of thiazole rings is 1. The van der Waals surface area contributed by atoms with E-state index in [1.165, 1.54) is 11.3 Å². The van der Waals surface area contributed by atoms with Crippen LogP contribution in [0.4, 0.5) is 0 Å². The lowest BCUT2D eigenvalue weighted by atomic mass is 10.3. The third-order valence-corrected chi connectivity index (χ3v) is 2.89. The van der Waals surface area contributed by atoms with Gasteiger partial charge >= 0.3 is 0 Å². The lowest BCUT2D eigenvalue weighted by Crippen LogP contribution is -1.87. The van der Waals surface area contributed by atoms with Gasteiger partial charge in [-0.2, -0.15) is 5.26 Å². The zero-order valence-electron chi connectivity index (χ0n) is 8.27. The number of benzene rings is 1. The number of methoxy groups -OCH3 is 2. The summed E-state index contributed by atoms with van der Waals surface area (Å²) in [5.41, 5.74) is 0.708. The molecule has 0 spiro atoms. The van der Waals surface area contributed by atoms with Gasteiger partial charge in [0, 0.05) is 6.07 Å². The Bertz CT molecular complexity index is 542. The lowest BCUT2D eigenvalue weighted by Gasteiger charge is -2.03. The predicted octanol–water partition coefficient (Wildman–Crippen LogP) is 2.19. The Labute approximate surface area is 90.7 Å². The molecule has 1 heterocycles. The van der Waals surface area contributed by atoms with Gasteiger partial charge in [0.1, 0.15) is 23.1 Å². The number of hydrogen-bond donors (Lipinski definition) is 0. The molecule has 5 heteroatoms. The van der Waals surface area contributed by atoms with Crippen molar-refractivity contribution in [3.05, 3.63) is 17.1 Å². The smallest absolute Gasteiger partial charge is 0.195 e. The minimum absolute atomic E-state index is 0.427. The molecule has 2 rings (SSSR count). The van der Waals surface area contributed by atoms with Crippen LogP contribution in [0.3, 0.4) is 0 Å². The van der Waals surface area contributed by atoms with E-state index < -0.39 is 0 Å². The summed E-state index contributed by atoms with van der Waals surface area (Å²) in [5.74, 6) is 1.33. The quantitative estimate of drug-likeness (QED) is 0.778. The Morgan fingerprint density at radius 3 is 2.73 bits per heavy atom. The summed E-state index contributed by atoms with van der Waals surface area (Å²) in [6, 6.07) is 5.61. The maximum absolute atomic E-state index is 8.75. The molecule has 0 saturated carbocycles. The molecule has 15 heavy (non-hydrogen) atoms. The molecule has 0 aliphatic heterocycles. The van der Waals surface area contributed by atoms with E-state index in [0.717, 1.165) is 4.70 Å². The van der Waals surface area contributed by atoms with Crippen molar-refractivity contribution >= 4 is 21.6 Å². The second kappa shape index (κ2) is 3.75. The number of nitriles is 1. The zero-order valence-corrected chi connectivity index (χ0v) is 9.09. The Kier molecular flexibility index (Phi) is 2.44. The molecule has 1 aromatic carbocycles. The minimum atomic E-state index is 0.427. The fraction of sp³-hybridized carbons (Fsp3) is 0.200. The molecule has 0 unspecified atom stereocenters. The molecule has 0 atom stereocenters. The maximum atomic E-state index is 8.75. The average Bonchev–Trinajstić information content (AvgIpc) is 2.70. The molecule has 0 aliphatic carbocycles. The third kappa shape index (κ3) is 1.60. The van der Waals surface area contributed by atoms with Gasteiger partial charge in [0.15, 0.2) is 5.01 Å². The first-order chi connectivity index (χ1) is 7.28. The molecule has 76 valence electrons. The normalized spacial score (nSPS) is 9.93. The fourth-order valence-electron chi connectivity index (χ4n) is 1.30. The highest BCUT2D eigenvalue weighted by Gasteiger charge is 2.10. The second-order valence-electron chi connectivity index (χ2n) is 2.81. The standard InChI is InChI=1S/C10H8N2O2S/c1-13-6-3-7(14-2)10-8(4-6)15-9(5-11)12-10/h3-4H,1-2H3. The molecule has 2 aromatic rings. The molecular formula is C10H8N2O2S. The van der Waals surface area contributed by atoms with Gasteiger partial charge in [-0.25, -0.2) is 4.98 Å². The van der Waals surface area contributed by atoms with E-state index in [-0.39, 0.29) is 0 Å². The Morgan fingerprint density at radius 2 is 2.13 bits per heavy atom. The summed E-state index contributed by atoms with van der Waals surface area (Å²) in [4.78, 5) is 4.15. The van der Waals surface area contributed by atoms with E-state index in [0.29, 0.717) is 22.0 Å². The molecule has 0 radical (unpaired) electrons. The number of nitrogens with zero attached hydrogens (tertiary/aromatic N) is 2. The van der Waals surface area contributed by atoms with E-state index in [4.69, 9.17) is 14.7 Å². The summed E-state index contributed by atoms with van der Waals surface area (Å²) in [6.07, 6.45) is 0. The number of aromatic nitrogens is 1. The van der Waals surface area contributed by atoms with Crippen molar-refractivity contribution in [2.75, 3.05) is 14.2 Å². The van der Waals surface area contributed by atoms with Crippen molar-refractivity contribution < 1.29 is 9.47 Å². The zero-order chi connectivity index (χ0) is 10.8. The molecular weight excluding hydrogens is 212 g/mol. The van der Waals surface area contributed by atoms with Crippen LogP contribution in [0, 0.1) is 11.3 Å². The van der Waals surface area contributed by atoms with Gasteiger partial charge in [0.2, 0.25) is 0 Å². The summed E-state index contributed by atoms with van der Waals surface area (Å²) in [6.45, 7) is 0. The topological polar surface area (TPSA) is 55.1 Å². The van der Waals surface area contributed by atoms with E-state index in [1.807, 2.05) is 12.1 Å². The molecule has 0 aliphatic rings. The molecule has 0 amide bonds. The minimum Gasteiger partial charge on any atom is -0.497 e. The first-order valence-corrected chi connectivity index (χ1v) is 5.03. The number of rotatable bonds is 2. The Morgan fingerprint density at radius 1 is 1.33 bits per heavy atom. The molecule has 4 nitrogen and oxygen atoms in total. The monoisotopic (exact) mass is 220 g/mol. The predicted molar refractivity (Wildman–Crippen MR) is 57.4 cm³/mol. The first kappa shape index (κ1) is 9.74. The highest BCUT2D eigenvalue weighted by molar-refractivity contribution is 7.19. The van der Waals surface area contributed by atoms with Crippen LogP contribution in [0.5, 0.6) is 11.5 Å². The number of fused-ring (bicyclic) bond motifs is 1. The van der Waals surface area contributed by atoms with Crippen LogP contribution in [0.2, 0.25) is 0 Å². The van der Waals surface area contributed by atoms with E-state index in [1.54, 1.807) is 20.3 Å². The molecule has 1 aromatic heterocycles. The van der Waals surface area contributed by atoms with Crippen molar-refractivity contribution in [3.63, 3.8) is 0 Å². The van der Waals surface area contributed by atoms with Crippen LogP contribution in [0.15, 0.2) is 12.1 Å². The van der Waals surface area contributed by atoms with Crippen LogP contribution in [-0.4, -0.2) is 19.2 Å². The molecule has 0 N–H and O–H groups in total. The number of ether oxygens (including phenoxy) is 2. The molecule has 0 fully saturated rings. The van der Waals surface area contributed by atoms with Gasteiger partial charge in [0.25, 0.3) is 0 Å². The first-order valence-electron chi connectivity index (χ1n) is 4.21. The third-order valence-electron chi connectivity index (χ3n) is 1.98. The van der Waals surface area contributed by atoms with Crippen LogP contribution in [0.25, 0.3) is 10.2 Å². The summed E-state index contributed by atoms with van der Waals surface area (Å²) in [7, 11) is 3.16. The van der Waals surface area contributed by atoms with Gasteiger partial charge in [-0.15, -0.1) is 11.3 Å². The summed E-state index contributed by atoms with van der Waals surface area (Å²) >= 11 is 1.32. The van der Waals surface area contributed by atoms with Crippen molar-refractivity contribution in [2.45, 2.75) is 0 Å². The maximum Gasteiger partial charge on any atom is 0.195 e. The van der Waals surface area contributed by atoms with Gasteiger partial charge in [0.05, 0.1) is 18.9 Å². The van der Waals surface area contributed by atoms with Crippen molar-refractivity contribution in [1.82, 2.24) is 4.98 Å². The average molecular weight is 220 g/mol. The van der Waals surface area contributed by atoms with Gasteiger partial charge < -0.3 is 9.47 Å². The van der Waals surface area contributed by atoms with Gasteiger partial charge in [-0.3, -0.25) is 0 Å². The van der Waals surface area contributed by atoms with Crippen molar-refractivity contribution in [1.29, 1.82) is 5.26 Å². The number of hydrogen-bond acceptors (Lipinski definition) is 5. The van der Waals surface area contributed by atoms with Crippen molar-refractivity contribution in [2.24, 2.45) is 0 Å². The molecule has 0 saturated heterocycles. The Balaban J connectivity index is 2.73. The molecule has 0 bridgehead atoms. The van der Waals surface area contributed by atoms with Crippen LogP contribution in [-0.2, 0) is 0 Å². The van der Waals surface area contributed by atoms with E-state index in [9.17, 15) is 0 Å². The van der Waals surface area contributed by atoms with Gasteiger partial charge in [-0.1, -0.05) is 0 Å². The summed E-state index contributed by atoms with van der Waals surface area (Å²) in [5, 5.41) is 9.18. The van der Waals surface area contributed by atoms with Crippen LogP contribution < -0.4 is 9.47 Å². The largest absolute Gasteiger partial charge is 0.497 e. The lowest BCUT2D eigenvalue weighted by molar-refractivity contribution is 0.397. The van der Waals surface area contributed by atoms with Crippen LogP contribution in [0.1, 0.15) is 5.01 Å². The van der Waals surface area contributed by atoms with Gasteiger partial charge in [-0.05, 0) is 6.07 Å². The highest BCUT2D eigenvalue weighted by atomic mass is 32.1. The fourth-order valence-corrected chi connectivity index (χ4v) is 2.10. The second-order valence-corrected chi connectivity index (χ2v) is 3.84. The van der Waals surface area contributed by atoms with E-state index >= 15 is 0 Å². The SMILES string of the molecule is COc1cc(OC)c2nc(C#N)sc2c1. The van der Waals surface area contributed by atoms with Crippen LogP contribution >= 0.6 is 11.3 Å². The highest BCUT2D eigenvalue weighted by Crippen LogP contribution is 2.33. The van der Waals surface area contributed by atoms with E-state index in [2.05, 4.69) is 4.98 Å².